The van der Waals surface area contributed by atoms with Crippen LogP contribution in [0.5, 0.6) is 11.5 Å². The molecule has 0 radical (unpaired) electrons. The van der Waals surface area contributed by atoms with Gasteiger partial charge in [0, 0.05) is 0 Å². The molecule has 13 heteroatoms. The number of thioether (sulfide) groups is 8. The molecule has 33 heavy (non-hydrogen) atoms. The Balaban J connectivity index is 1.53. The second-order valence-corrected chi connectivity index (χ2v) is 16.6. The number of nitriles is 2. The van der Waals surface area contributed by atoms with E-state index in [-0.39, 0.29) is 5.57 Å². The Labute approximate surface area is 230 Å². The molecule has 0 saturated carbocycles. The van der Waals surface area contributed by atoms with Crippen molar-refractivity contribution in [3.8, 4) is 23.6 Å². The second-order valence-electron chi connectivity index (χ2n) is 5.89. The van der Waals surface area contributed by atoms with Crippen molar-refractivity contribution in [2.75, 3.05) is 26.7 Å². The van der Waals surface area contributed by atoms with Gasteiger partial charge in [-0.15, -0.1) is 34.9 Å². The molecule has 0 N–H and O–H groups in total. The highest BCUT2D eigenvalue weighted by atomic mass is 32.3. The Kier molecular flexibility index (Phi) is 9.15. The number of thiophene rings is 1. The molecule has 0 bridgehead atoms. The average molecular weight is 603 g/mol. The third kappa shape index (κ3) is 5.47. The highest BCUT2D eigenvalue weighted by Crippen LogP contribution is 2.70. The van der Waals surface area contributed by atoms with Crippen molar-refractivity contribution in [3.63, 3.8) is 0 Å². The van der Waals surface area contributed by atoms with Crippen LogP contribution in [0.3, 0.4) is 0 Å². The molecule has 3 aliphatic heterocycles. The molecule has 0 spiro atoms. The highest BCUT2D eigenvalue weighted by molar-refractivity contribution is 8.49. The summed E-state index contributed by atoms with van der Waals surface area (Å²) in [4.78, 5) is 1.60. The molecule has 0 amide bonds. The van der Waals surface area contributed by atoms with E-state index in [0.717, 1.165) is 4.88 Å². The van der Waals surface area contributed by atoms with E-state index in [1.807, 2.05) is 82.7 Å². The number of allylic oxidation sites excluding steroid dienone is 1. The van der Waals surface area contributed by atoms with Gasteiger partial charge in [-0.25, -0.2) is 0 Å². The van der Waals surface area contributed by atoms with Crippen LogP contribution in [0.1, 0.15) is 9.75 Å². The molecule has 170 valence electrons. The van der Waals surface area contributed by atoms with Crippen molar-refractivity contribution >= 4 is 118 Å². The maximum Gasteiger partial charge on any atom is 0.179 e. The first-order valence-corrected chi connectivity index (χ1v) is 17.1. The molecule has 4 nitrogen and oxygen atoms in total. The lowest BCUT2D eigenvalue weighted by Crippen LogP contribution is -1.89. The van der Waals surface area contributed by atoms with Gasteiger partial charge in [-0.3, -0.25) is 0 Å². The first kappa shape index (κ1) is 25.9. The Morgan fingerprint density at radius 3 is 1.73 bits per heavy atom. The number of hydrogen-bond donors (Lipinski definition) is 0. The van der Waals surface area contributed by atoms with Crippen LogP contribution in [0.2, 0.25) is 0 Å². The summed E-state index contributed by atoms with van der Waals surface area (Å²) in [6.07, 6.45) is 7.92. The van der Waals surface area contributed by atoms with Gasteiger partial charge in [-0.05, 0) is 24.7 Å². The van der Waals surface area contributed by atoms with Crippen LogP contribution in [0.4, 0.5) is 0 Å². The standard InChI is InChI=1S/C20H14N2O2S9/c1-23-13-10(5-9(7-21)8-22)27-11(14(13)24-2)6-12-28-17-18(29-12)33-20(32-17)19-30-15(25-3)16(26-4)31-19/h5-6H,1-4H3. The van der Waals surface area contributed by atoms with E-state index in [9.17, 15) is 0 Å². The number of nitrogens with zero attached hydrogens (tertiary/aromatic N) is 2. The molecule has 0 saturated heterocycles. The van der Waals surface area contributed by atoms with Gasteiger partial charge in [0.15, 0.2) is 11.5 Å². The normalized spacial score (nSPS) is 17.3. The van der Waals surface area contributed by atoms with Crippen LogP contribution in [0.25, 0.3) is 12.2 Å². The largest absolute Gasteiger partial charge is 0.491 e. The number of ether oxygens (including phenoxy) is 2. The smallest absolute Gasteiger partial charge is 0.179 e. The van der Waals surface area contributed by atoms with Gasteiger partial charge in [0.05, 0.1) is 53.6 Å². The zero-order chi connectivity index (χ0) is 23.5. The van der Waals surface area contributed by atoms with Crippen molar-refractivity contribution in [2.45, 2.75) is 0 Å². The summed E-state index contributed by atoms with van der Waals surface area (Å²) in [6.45, 7) is 0. The summed E-state index contributed by atoms with van der Waals surface area (Å²) in [5.74, 6) is 1.16. The van der Waals surface area contributed by atoms with E-state index in [0.29, 0.717) is 16.4 Å². The molecular formula is C20H14N2O2S9. The van der Waals surface area contributed by atoms with Crippen molar-refractivity contribution in [1.29, 1.82) is 10.5 Å². The quantitative estimate of drug-likeness (QED) is 0.292. The maximum atomic E-state index is 9.11. The monoisotopic (exact) mass is 602 g/mol. The maximum absolute atomic E-state index is 9.11. The van der Waals surface area contributed by atoms with Crippen molar-refractivity contribution < 1.29 is 9.47 Å². The first-order valence-electron chi connectivity index (χ1n) is 8.91. The summed E-state index contributed by atoms with van der Waals surface area (Å²) in [5, 5.41) is 18.2. The molecule has 3 aliphatic rings. The lowest BCUT2D eigenvalue weighted by atomic mass is 10.2. The summed E-state index contributed by atoms with van der Waals surface area (Å²) in [5.41, 5.74) is 0.0291. The molecule has 4 heterocycles. The topological polar surface area (TPSA) is 66.0 Å². The van der Waals surface area contributed by atoms with Gasteiger partial charge in [-0.1, -0.05) is 70.6 Å². The predicted molar refractivity (Wildman–Crippen MR) is 158 cm³/mol. The van der Waals surface area contributed by atoms with Crippen LogP contribution in [-0.2, 0) is 0 Å². The van der Waals surface area contributed by atoms with E-state index < -0.39 is 0 Å². The van der Waals surface area contributed by atoms with E-state index in [1.165, 1.54) is 41.0 Å². The van der Waals surface area contributed by atoms with E-state index in [4.69, 9.17) is 20.0 Å². The third-order valence-corrected chi connectivity index (χ3v) is 16.3. The molecule has 1 aromatic rings. The molecule has 0 aromatic carbocycles. The van der Waals surface area contributed by atoms with Crippen LogP contribution in [0.15, 0.2) is 35.2 Å². The van der Waals surface area contributed by atoms with E-state index in [1.54, 1.807) is 43.8 Å². The zero-order valence-electron chi connectivity index (χ0n) is 17.5. The predicted octanol–water partition coefficient (Wildman–Crippen LogP) is 9.04. The Morgan fingerprint density at radius 2 is 1.24 bits per heavy atom. The number of methoxy groups -OCH3 is 2. The molecule has 4 rings (SSSR count). The van der Waals surface area contributed by atoms with Crippen LogP contribution in [0, 0.1) is 22.7 Å². The Bertz CT molecular complexity index is 1190. The SMILES string of the molecule is COc1c(C=C(C#N)C#N)sc(C=C2SC3=C(S2)SC(=C2SC(SC)=C(SC)S2)S3)c1OC. The fraction of sp³-hybridized carbons (Fsp3) is 0.200. The summed E-state index contributed by atoms with van der Waals surface area (Å²) < 4.78 is 20.5. The molecule has 0 unspecified atom stereocenters. The fourth-order valence-electron chi connectivity index (χ4n) is 2.69. The minimum atomic E-state index is 0.0291. The summed E-state index contributed by atoms with van der Waals surface area (Å²) in [6, 6.07) is 3.80. The average Bonchev–Trinajstić information content (AvgIpc) is 3.57. The fourth-order valence-corrected chi connectivity index (χ4v) is 15.5. The minimum absolute atomic E-state index is 0.0291. The van der Waals surface area contributed by atoms with Crippen molar-refractivity contribution in [3.05, 3.63) is 45.0 Å². The molecule has 0 aliphatic carbocycles. The van der Waals surface area contributed by atoms with Gasteiger partial charge in [0.2, 0.25) is 0 Å². The molecular weight excluding hydrogens is 589 g/mol. The van der Waals surface area contributed by atoms with Crippen LogP contribution >= 0.6 is 105 Å². The lowest BCUT2D eigenvalue weighted by molar-refractivity contribution is 0.357. The Morgan fingerprint density at radius 1 is 0.758 bits per heavy atom. The Hall–Kier alpha value is -0.220. The number of rotatable bonds is 6. The van der Waals surface area contributed by atoms with Crippen LogP contribution in [-0.4, -0.2) is 26.7 Å². The van der Waals surface area contributed by atoms with Crippen molar-refractivity contribution in [1.82, 2.24) is 0 Å². The minimum Gasteiger partial charge on any atom is -0.491 e. The third-order valence-electron chi connectivity index (χ3n) is 4.05. The summed E-state index contributed by atoms with van der Waals surface area (Å²) >= 11 is 16.1. The first-order chi connectivity index (χ1) is 16.0. The number of hydrogen-bond acceptors (Lipinski definition) is 13. The summed E-state index contributed by atoms with van der Waals surface area (Å²) in [7, 11) is 3.16. The van der Waals surface area contributed by atoms with E-state index >= 15 is 0 Å². The molecule has 0 atom stereocenters. The molecule has 0 fully saturated rings. The van der Waals surface area contributed by atoms with Gasteiger partial charge < -0.3 is 9.47 Å². The van der Waals surface area contributed by atoms with Crippen LogP contribution < -0.4 is 9.47 Å². The van der Waals surface area contributed by atoms with E-state index in [2.05, 4.69) is 18.6 Å². The van der Waals surface area contributed by atoms with Gasteiger partial charge in [-0.2, -0.15) is 10.5 Å². The van der Waals surface area contributed by atoms with Gasteiger partial charge >= 0.3 is 0 Å². The highest BCUT2D eigenvalue weighted by Gasteiger charge is 2.34. The van der Waals surface area contributed by atoms with Crippen molar-refractivity contribution in [2.24, 2.45) is 0 Å². The zero-order valence-corrected chi connectivity index (χ0v) is 24.9. The van der Waals surface area contributed by atoms with Gasteiger partial charge in [0.25, 0.3) is 0 Å². The lowest BCUT2D eigenvalue weighted by Gasteiger charge is -2.06. The molecule has 1 aromatic heterocycles. The van der Waals surface area contributed by atoms with Gasteiger partial charge in [0.1, 0.15) is 17.7 Å². The second kappa shape index (κ2) is 11.7.